The van der Waals surface area contributed by atoms with Crippen LogP contribution >= 0.6 is 0 Å². The second kappa shape index (κ2) is 2.52. The SMILES string of the molecule is C=Cc1ccc(F)cc1O. The Morgan fingerprint density at radius 2 is 2.20 bits per heavy atom. The van der Waals surface area contributed by atoms with E-state index in [0.29, 0.717) is 5.56 Å². The summed E-state index contributed by atoms with van der Waals surface area (Å²) in [5, 5.41) is 8.98. The lowest BCUT2D eigenvalue weighted by atomic mass is 10.2. The van der Waals surface area contributed by atoms with Gasteiger partial charge in [-0.05, 0) is 12.1 Å². The van der Waals surface area contributed by atoms with Crippen LogP contribution in [0, 0.1) is 5.82 Å². The van der Waals surface area contributed by atoms with Crippen LogP contribution in [0.25, 0.3) is 6.08 Å². The van der Waals surface area contributed by atoms with Crippen molar-refractivity contribution in [2.24, 2.45) is 0 Å². The molecule has 0 aromatic heterocycles. The molecule has 1 N–H and O–H groups in total. The first-order valence-electron chi connectivity index (χ1n) is 2.85. The molecule has 0 amide bonds. The van der Waals surface area contributed by atoms with Crippen LogP contribution < -0.4 is 0 Å². The van der Waals surface area contributed by atoms with E-state index in [1.807, 2.05) is 0 Å². The average molecular weight is 138 g/mol. The zero-order chi connectivity index (χ0) is 7.56. The summed E-state index contributed by atoms with van der Waals surface area (Å²) < 4.78 is 12.3. The van der Waals surface area contributed by atoms with Crippen LogP contribution in [-0.2, 0) is 0 Å². The predicted molar refractivity (Wildman–Crippen MR) is 38.2 cm³/mol. The van der Waals surface area contributed by atoms with Crippen LogP contribution in [0.4, 0.5) is 4.39 Å². The quantitative estimate of drug-likeness (QED) is 0.630. The standard InChI is InChI=1S/C8H7FO/c1-2-6-3-4-7(9)5-8(6)10/h2-5,10H,1H2. The third-order valence-electron chi connectivity index (χ3n) is 1.21. The third kappa shape index (κ3) is 1.16. The summed E-state index contributed by atoms with van der Waals surface area (Å²) in [5.41, 5.74) is 0.543. The molecule has 0 aliphatic heterocycles. The summed E-state index contributed by atoms with van der Waals surface area (Å²) in [4.78, 5) is 0. The molecule has 0 bridgehead atoms. The van der Waals surface area contributed by atoms with E-state index < -0.39 is 5.82 Å². The van der Waals surface area contributed by atoms with Crippen LogP contribution in [0.2, 0.25) is 0 Å². The monoisotopic (exact) mass is 138 g/mol. The van der Waals surface area contributed by atoms with Gasteiger partial charge in [-0.15, -0.1) is 0 Å². The van der Waals surface area contributed by atoms with E-state index in [1.165, 1.54) is 18.2 Å². The van der Waals surface area contributed by atoms with Gasteiger partial charge in [-0.1, -0.05) is 12.7 Å². The number of aromatic hydroxyl groups is 1. The van der Waals surface area contributed by atoms with Gasteiger partial charge in [0, 0.05) is 11.6 Å². The van der Waals surface area contributed by atoms with Crippen molar-refractivity contribution in [3.8, 4) is 5.75 Å². The zero-order valence-electron chi connectivity index (χ0n) is 5.34. The minimum Gasteiger partial charge on any atom is -0.507 e. The van der Waals surface area contributed by atoms with E-state index in [-0.39, 0.29) is 5.75 Å². The lowest BCUT2D eigenvalue weighted by molar-refractivity contribution is 0.468. The van der Waals surface area contributed by atoms with Gasteiger partial charge < -0.3 is 5.11 Å². The van der Waals surface area contributed by atoms with Gasteiger partial charge in [0.1, 0.15) is 11.6 Å². The molecule has 0 heterocycles. The maximum atomic E-state index is 12.3. The van der Waals surface area contributed by atoms with Crippen molar-refractivity contribution in [2.45, 2.75) is 0 Å². The molecular weight excluding hydrogens is 131 g/mol. The lowest BCUT2D eigenvalue weighted by Gasteiger charge is -1.96. The van der Waals surface area contributed by atoms with Crippen molar-refractivity contribution in [3.63, 3.8) is 0 Å². The molecule has 1 aromatic carbocycles. The highest BCUT2D eigenvalue weighted by Crippen LogP contribution is 2.18. The molecule has 0 aliphatic carbocycles. The highest BCUT2D eigenvalue weighted by Gasteiger charge is 1.96. The van der Waals surface area contributed by atoms with Gasteiger partial charge in [0.2, 0.25) is 0 Å². The van der Waals surface area contributed by atoms with Crippen LogP contribution in [0.3, 0.4) is 0 Å². The van der Waals surface area contributed by atoms with E-state index in [9.17, 15) is 4.39 Å². The second-order valence-corrected chi connectivity index (χ2v) is 1.91. The summed E-state index contributed by atoms with van der Waals surface area (Å²) in [6.45, 7) is 3.44. The number of halogens is 1. The lowest BCUT2D eigenvalue weighted by Crippen LogP contribution is -1.76. The minimum absolute atomic E-state index is 0.0741. The second-order valence-electron chi connectivity index (χ2n) is 1.91. The Morgan fingerprint density at radius 1 is 1.50 bits per heavy atom. The molecule has 2 heteroatoms. The molecule has 1 aromatic rings. The molecule has 0 aliphatic rings. The third-order valence-corrected chi connectivity index (χ3v) is 1.21. The summed E-state index contributed by atoms with van der Waals surface area (Å²) in [6, 6.07) is 3.80. The molecule has 0 saturated carbocycles. The molecule has 0 atom stereocenters. The molecule has 0 spiro atoms. The average Bonchev–Trinajstić information content (AvgIpc) is 1.88. The molecule has 0 saturated heterocycles. The van der Waals surface area contributed by atoms with Gasteiger partial charge >= 0.3 is 0 Å². The fraction of sp³-hybridized carbons (Fsp3) is 0. The predicted octanol–water partition coefficient (Wildman–Crippen LogP) is 2.17. The maximum Gasteiger partial charge on any atom is 0.126 e. The highest BCUT2D eigenvalue weighted by atomic mass is 19.1. The molecule has 0 radical (unpaired) electrons. The maximum absolute atomic E-state index is 12.3. The first kappa shape index (κ1) is 6.81. The largest absolute Gasteiger partial charge is 0.507 e. The molecule has 52 valence electrons. The molecule has 0 fully saturated rings. The topological polar surface area (TPSA) is 20.2 Å². The van der Waals surface area contributed by atoms with E-state index >= 15 is 0 Å². The van der Waals surface area contributed by atoms with E-state index in [2.05, 4.69) is 6.58 Å². The van der Waals surface area contributed by atoms with Crippen molar-refractivity contribution < 1.29 is 9.50 Å². The van der Waals surface area contributed by atoms with Crippen LogP contribution in [0.1, 0.15) is 5.56 Å². The van der Waals surface area contributed by atoms with E-state index in [4.69, 9.17) is 5.11 Å². The summed E-state index contributed by atoms with van der Waals surface area (Å²) in [7, 11) is 0. The molecule has 0 unspecified atom stereocenters. The Bertz CT molecular complexity index is 255. The smallest absolute Gasteiger partial charge is 0.126 e. The fourth-order valence-electron chi connectivity index (χ4n) is 0.689. The number of rotatable bonds is 1. The van der Waals surface area contributed by atoms with E-state index in [0.717, 1.165) is 6.07 Å². The summed E-state index contributed by atoms with van der Waals surface area (Å²) >= 11 is 0. The van der Waals surface area contributed by atoms with Crippen molar-refractivity contribution in [3.05, 3.63) is 36.2 Å². The van der Waals surface area contributed by atoms with Crippen LogP contribution in [0.15, 0.2) is 24.8 Å². The molecular formula is C8H7FO. The summed E-state index contributed by atoms with van der Waals surface area (Å²) in [6.07, 6.45) is 1.47. The van der Waals surface area contributed by atoms with Gasteiger partial charge in [0.25, 0.3) is 0 Å². The number of phenols is 1. The Labute approximate surface area is 58.4 Å². The molecule has 1 nitrogen and oxygen atoms in total. The van der Waals surface area contributed by atoms with Gasteiger partial charge in [0.05, 0.1) is 0 Å². The van der Waals surface area contributed by atoms with Crippen LogP contribution in [0.5, 0.6) is 5.75 Å². The first-order chi connectivity index (χ1) is 4.74. The zero-order valence-corrected chi connectivity index (χ0v) is 5.34. The number of phenolic OH excluding ortho intramolecular Hbond substituents is 1. The van der Waals surface area contributed by atoms with Gasteiger partial charge in [0.15, 0.2) is 0 Å². The molecule has 1 rings (SSSR count). The normalized spacial score (nSPS) is 9.30. The summed E-state index contributed by atoms with van der Waals surface area (Å²) in [5.74, 6) is -0.516. The Kier molecular flexibility index (Phi) is 1.71. The highest BCUT2D eigenvalue weighted by molar-refractivity contribution is 5.54. The Hall–Kier alpha value is -1.31. The Morgan fingerprint density at radius 3 is 2.70 bits per heavy atom. The van der Waals surface area contributed by atoms with Crippen molar-refractivity contribution in [2.75, 3.05) is 0 Å². The number of benzene rings is 1. The fourth-order valence-corrected chi connectivity index (χ4v) is 0.689. The molecule has 10 heavy (non-hydrogen) atoms. The first-order valence-corrected chi connectivity index (χ1v) is 2.85. The number of hydrogen-bond donors (Lipinski definition) is 1. The van der Waals surface area contributed by atoms with Gasteiger partial charge in [-0.25, -0.2) is 4.39 Å². The van der Waals surface area contributed by atoms with Gasteiger partial charge in [-0.3, -0.25) is 0 Å². The van der Waals surface area contributed by atoms with Crippen molar-refractivity contribution in [1.82, 2.24) is 0 Å². The number of hydrogen-bond acceptors (Lipinski definition) is 1. The minimum atomic E-state index is -0.442. The Balaban J connectivity index is 3.19. The van der Waals surface area contributed by atoms with Gasteiger partial charge in [-0.2, -0.15) is 0 Å². The van der Waals surface area contributed by atoms with Crippen LogP contribution in [-0.4, -0.2) is 5.11 Å². The van der Waals surface area contributed by atoms with Crippen molar-refractivity contribution >= 4 is 6.08 Å². The van der Waals surface area contributed by atoms with E-state index in [1.54, 1.807) is 0 Å². The van der Waals surface area contributed by atoms with Crippen molar-refractivity contribution in [1.29, 1.82) is 0 Å².